The normalized spacial score (nSPS) is 17.5. The van der Waals surface area contributed by atoms with Crippen LogP contribution in [0.25, 0.3) is 0 Å². The summed E-state index contributed by atoms with van der Waals surface area (Å²) in [5.74, 6) is -2.16. The summed E-state index contributed by atoms with van der Waals surface area (Å²) in [6.45, 7) is 1.55. The number of ether oxygens (including phenoxy) is 1. The Balaban J connectivity index is 1.94. The fourth-order valence-electron chi connectivity index (χ4n) is 3.00. The first-order valence-electron chi connectivity index (χ1n) is 8.17. The van der Waals surface area contributed by atoms with Crippen LogP contribution in [0.2, 0.25) is 0 Å². The van der Waals surface area contributed by atoms with Crippen molar-refractivity contribution in [1.82, 2.24) is 4.90 Å². The lowest BCUT2D eigenvalue weighted by Crippen LogP contribution is -2.38. The number of aromatic carboxylic acids is 1. The molecule has 1 saturated heterocycles. The highest BCUT2D eigenvalue weighted by atomic mass is 16.5. The van der Waals surface area contributed by atoms with Gasteiger partial charge in [-0.3, -0.25) is 14.5 Å². The van der Waals surface area contributed by atoms with E-state index in [1.165, 1.54) is 6.07 Å². The second-order valence-electron chi connectivity index (χ2n) is 5.81. The highest BCUT2D eigenvalue weighted by Crippen LogP contribution is 2.33. The molecule has 2 aliphatic rings. The van der Waals surface area contributed by atoms with E-state index < -0.39 is 17.8 Å². The van der Waals surface area contributed by atoms with Crippen molar-refractivity contribution in [3.63, 3.8) is 0 Å². The van der Waals surface area contributed by atoms with Crippen molar-refractivity contribution < 1.29 is 29.3 Å². The summed E-state index contributed by atoms with van der Waals surface area (Å²) >= 11 is 0. The van der Waals surface area contributed by atoms with Crippen LogP contribution in [0.4, 0.5) is 11.4 Å². The minimum absolute atomic E-state index is 0.0421. The Morgan fingerprint density at radius 3 is 2.62 bits per heavy atom. The number of carbonyl (C=O) groups is 3. The van der Waals surface area contributed by atoms with Crippen LogP contribution < -0.4 is 10.2 Å². The Kier molecular flexibility index (Phi) is 5.19. The van der Waals surface area contributed by atoms with Crippen LogP contribution >= 0.6 is 0 Å². The van der Waals surface area contributed by atoms with Gasteiger partial charge in [0.15, 0.2) is 0 Å². The SMILES string of the molecule is O=C(O)c1cccc(NC2=CC(=O)N(CCO)C2=O)c1N1CCOCC1. The standard InChI is InChI=1S/C17H19N3O6/c21-7-4-20-14(22)10-13(16(20)23)18-12-3-1-2-11(17(24)25)15(12)19-5-8-26-9-6-19/h1-3,10,18,21H,4-9H2,(H,24,25). The molecule has 0 aliphatic carbocycles. The number of nitrogens with one attached hydrogen (secondary N) is 1. The zero-order chi connectivity index (χ0) is 18.7. The molecule has 0 spiro atoms. The minimum atomic E-state index is -1.08. The first-order valence-corrected chi connectivity index (χ1v) is 8.17. The van der Waals surface area contributed by atoms with E-state index in [1.54, 1.807) is 12.1 Å². The number of nitrogens with zero attached hydrogens (tertiary/aromatic N) is 2. The topological polar surface area (TPSA) is 119 Å². The van der Waals surface area contributed by atoms with Crippen molar-refractivity contribution in [3.05, 3.63) is 35.5 Å². The molecule has 0 saturated carbocycles. The number of aliphatic hydroxyl groups excluding tert-OH is 1. The van der Waals surface area contributed by atoms with Crippen LogP contribution in [0.5, 0.6) is 0 Å². The third-order valence-corrected chi connectivity index (χ3v) is 4.20. The quantitative estimate of drug-likeness (QED) is 0.600. The van der Waals surface area contributed by atoms with Crippen molar-refractivity contribution in [2.24, 2.45) is 0 Å². The molecule has 1 fully saturated rings. The number of aliphatic hydroxyl groups is 1. The van der Waals surface area contributed by atoms with E-state index in [2.05, 4.69) is 5.32 Å². The van der Waals surface area contributed by atoms with Crippen LogP contribution in [0.1, 0.15) is 10.4 Å². The maximum absolute atomic E-state index is 12.3. The number of rotatable bonds is 6. The first-order chi connectivity index (χ1) is 12.5. The maximum Gasteiger partial charge on any atom is 0.337 e. The van der Waals surface area contributed by atoms with Crippen molar-refractivity contribution in [3.8, 4) is 0 Å². The van der Waals surface area contributed by atoms with Gasteiger partial charge in [0, 0.05) is 19.2 Å². The number of benzene rings is 1. The molecule has 2 amide bonds. The molecule has 1 aromatic rings. The summed E-state index contributed by atoms with van der Waals surface area (Å²) < 4.78 is 5.32. The monoisotopic (exact) mass is 361 g/mol. The van der Waals surface area contributed by atoms with Gasteiger partial charge < -0.3 is 25.2 Å². The van der Waals surface area contributed by atoms with Crippen LogP contribution in [-0.2, 0) is 14.3 Å². The number of morpholine rings is 1. The van der Waals surface area contributed by atoms with Crippen LogP contribution in [0.3, 0.4) is 0 Å². The number of anilines is 2. The molecule has 1 aromatic carbocycles. The zero-order valence-corrected chi connectivity index (χ0v) is 14.0. The smallest absolute Gasteiger partial charge is 0.337 e. The van der Waals surface area contributed by atoms with Gasteiger partial charge in [0.25, 0.3) is 11.8 Å². The highest BCUT2D eigenvalue weighted by molar-refractivity contribution is 6.17. The molecule has 0 bridgehead atoms. The fourth-order valence-corrected chi connectivity index (χ4v) is 3.00. The molecular formula is C17H19N3O6. The number of hydrogen-bond acceptors (Lipinski definition) is 7. The zero-order valence-electron chi connectivity index (χ0n) is 14.0. The lowest BCUT2D eigenvalue weighted by molar-refractivity contribution is -0.137. The number of amides is 2. The van der Waals surface area contributed by atoms with Gasteiger partial charge in [0.2, 0.25) is 0 Å². The number of imide groups is 1. The van der Waals surface area contributed by atoms with Gasteiger partial charge in [0.05, 0.1) is 43.3 Å². The molecular weight excluding hydrogens is 342 g/mol. The molecule has 0 radical (unpaired) electrons. The van der Waals surface area contributed by atoms with E-state index in [-0.39, 0.29) is 24.4 Å². The Morgan fingerprint density at radius 2 is 1.96 bits per heavy atom. The van der Waals surface area contributed by atoms with Gasteiger partial charge in [-0.05, 0) is 12.1 Å². The van der Waals surface area contributed by atoms with Crippen LogP contribution in [-0.4, -0.2) is 72.4 Å². The molecule has 3 rings (SSSR count). The Labute approximate surface area is 149 Å². The van der Waals surface area contributed by atoms with E-state index in [1.807, 2.05) is 4.90 Å². The summed E-state index contributed by atoms with van der Waals surface area (Å²) in [6, 6.07) is 4.72. The molecule has 3 N–H and O–H groups in total. The van der Waals surface area contributed by atoms with Gasteiger partial charge in [-0.15, -0.1) is 0 Å². The average Bonchev–Trinajstić information content (AvgIpc) is 2.90. The second-order valence-corrected chi connectivity index (χ2v) is 5.81. The van der Waals surface area contributed by atoms with Crippen molar-refractivity contribution in [2.75, 3.05) is 49.7 Å². The van der Waals surface area contributed by atoms with E-state index in [0.29, 0.717) is 37.7 Å². The van der Waals surface area contributed by atoms with Gasteiger partial charge >= 0.3 is 5.97 Å². The second kappa shape index (κ2) is 7.54. The molecule has 0 aromatic heterocycles. The summed E-state index contributed by atoms with van der Waals surface area (Å²) in [6.07, 6.45) is 1.15. The minimum Gasteiger partial charge on any atom is -0.478 e. The molecule has 2 aliphatic heterocycles. The molecule has 138 valence electrons. The van der Waals surface area contributed by atoms with Crippen molar-refractivity contribution in [1.29, 1.82) is 0 Å². The predicted octanol–water partition coefficient (Wildman–Crippen LogP) is -0.122. The number of para-hydroxylation sites is 1. The van der Waals surface area contributed by atoms with Gasteiger partial charge in [-0.2, -0.15) is 0 Å². The number of β-amino-alcohol motifs (C(OH)–C–C–N with tert-alkyl or cyclic N) is 1. The third kappa shape index (κ3) is 3.39. The van der Waals surface area contributed by atoms with Gasteiger partial charge in [-0.25, -0.2) is 4.79 Å². The van der Waals surface area contributed by atoms with Gasteiger partial charge in [0.1, 0.15) is 5.70 Å². The molecule has 0 unspecified atom stereocenters. The predicted molar refractivity (Wildman–Crippen MR) is 91.9 cm³/mol. The average molecular weight is 361 g/mol. The Morgan fingerprint density at radius 1 is 1.23 bits per heavy atom. The first kappa shape index (κ1) is 17.9. The lowest BCUT2D eigenvalue weighted by atomic mass is 10.1. The third-order valence-electron chi connectivity index (χ3n) is 4.20. The van der Waals surface area contributed by atoms with Crippen molar-refractivity contribution >= 4 is 29.2 Å². The fraction of sp³-hybridized carbons (Fsp3) is 0.353. The van der Waals surface area contributed by atoms with Crippen molar-refractivity contribution in [2.45, 2.75) is 0 Å². The Hall–Kier alpha value is -2.91. The van der Waals surface area contributed by atoms with E-state index in [0.717, 1.165) is 11.0 Å². The molecule has 9 heteroatoms. The van der Waals surface area contributed by atoms with E-state index in [9.17, 15) is 19.5 Å². The summed E-state index contributed by atoms with van der Waals surface area (Å²) in [5.41, 5.74) is 1.01. The number of carbonyl (C=O) groups excluding carboxylic acids is 2. The number of carboxylic acid groups (broad SMARTS) is 1. The Bertz CT molecular complexity index is 770. The summed E-state index contributed by atoms with van der Waals surface area (Å²) in [5, 5.41) is 21.4. The van der Waals surface area contributed by atoms with E-state index in [4.69, 9.17) is 9.84 Å². The number of hydrogen-bond donors (Lipinski definition) is 3. The van der Waals surface area contributed by atoms with E-state index >= 15 is 0 Å². The lowest BCUT2D eigenvalue weighted by Gasteiger charge is -2.31. The largest absolute Gasteiger partial charge is 0.478 e. The van der Waals surface area contributed by atoms with Crippen LogP contribution in [0.15, 0.2) is 30.0 Å². The van der Waals surface area contributed by atoms with Gasteiger partial charge in [-0.1, -0.05) is 6.07 Å². The number of carboxylic acids is 1. The molecule has 0 atom stereocenters. The maximum atomic E-state index is 12.3. The summed E-state index contributed by atoms with van der Waals surface area (Å²) in [4.78, 5) is 38.7. The van der Waals surface area contributed by atoms with Crippen LogP contribution in [0, 0.1) is 0 Å². The highest BCUT2D eigenvalue weighted by Gasteiger charge is 2.32. The molecule has 2 heterocycles. The molecule has 26 heavy (non-hydrogen) atoms. The summed E-state index contributed by atoms with van der Waals surface area (Å²) in [7, 11) is 0. The molecule has 9 nitrogen and oxygen atoms in total.